The van der Waals surface area contributed by atoms with E-state index in [1.54, 1.807) is 24.3 Å². The second kappa shape index (κ2) is 30.8. The Labute approximate surface area is 397 Å². The normalized spacial score (nSPS) is 19.7. The number of rotatable bonds is 32. The highest BCUT2D eigenvalue weighted by atomic mass is 16.7. The Morgan fingerprint density at radius 1 is 0.591 bits per heavy atom. The van der Waals surface area contributed by atoms with E-state index in [1.807, 2.05) is 72.8 Å². The highest BCUT2D eigenvalue weighted by Gasteiger charge is 2.41. The molecule has 5 rings (SSSR count). The van der Waals surface area contributed by atoms with Gasteiger partial charge in [0.25, 0.3) is 5.91 Å². The van der Waals surface area contributed by atoms with Crippen molar-refractivity contribution in [3.8, 4) is 0 Å². The minimum atomic E-state index is -0.647. The van der Waals surface area contributed by atoms with E-state index in [2.05, 4.69) is 62.6 Å². The first-order chi connectivity index (χ1) is 32.3. The molecule has 1 saturated heterocycles. The molecule has 2 N–H and O–H groups in total. The Morgan fingerprint density at radius 2 is 1.09 bits per heavy atom. The van der Waals surface area contributed by atoms with E-state index in [4.69, 9.17) is 23.7 Å². The topological polar surface area (TPSA) is 104 Å². The molecule has 0 saturated carbocycles. The molecule has 1 heterocycles. The van der Waals surface area contributed by atoms with E-state index in [-0.39, 0.29) is 54.9 Å². The molecule has 4 aromatic rings. The van der Waals surface area contributed by atoms with Crippen molar-refractivity contribution in [2.75, 3.05) is 19.8 Å². The van der Waals surface area contributed by atoms with Crippen LogP contribution in [-0.2, 0) is 48.3 Å². The SMILES string of the molecule is CCCCCCCCCCCCCC[C@@H](OCc1ccccc1)[C@@H](OCc1ccccc1)[C@H](CO[C@H]1OC(COCc2ccccc2)[C@H](C)[C@H](C)C1C)NC(=O)CNC(=O)c1ccccc1. The van der Waals surface area contributed by atoms with E-state index < -0.39 is 18.4 Å². The molecule has 0 radical (unpaired) electrons. The van der Waals surface area contributed by atoms with Gasteiger partial charge in [-0.3, -0.25) is 9.59 Å². The summed E-state index contributed by atoms with van der Waals surface area (Å²) >= 11 is 0. The van der Waals surface area contributed by atoms with Crippen LogP contribution in [0.1, 0.15) is 138 Å². The van der Waals surface area contributed by atoms with Gasteiger partial charge in [-0.25, -0.2) is 0 Å². The van der Waals surface area contributed by atoms with Crippen LogP contribution in [0.15, 0.2) is 121 Å². The number of unbranched alkanes of at least 4 members (excludes halogenated alkanes) is 11. The first kappa shape index (κ1) is 52.6. The van der Waals surface area contributed by atoms with Crippen LogP contribution in [-0.4, -0.2) is 62.2 Å². The summed E-state index contributed by atoms with van der Waals surface area (Å²) < 4.78 is 33.6. The predicted octanol–water partition coefficient (Wildman–Crippen LogP) is 12.0. The van der Waals surface area contributed by atoms with Crippen LogP contribution >= 0.6 is 0 Å². The molecule has 0 aromatic heterocycles. The van der Waals surface area contributed by atoms with Gasteiger partial charge >= 0.3 is 0 Å². The molecule has 0 spiro atoms. The van der Waals surface area contributed by atoms with Crippen molar-refractivity contribution in [2.45, 2.75) is 162 Å². The lowest BCUT2D eigenvalue weighted by Gasteiger charge is -2.44. The maximum atomic E-state index is 14.0. The van der Waals surface area contributed by atoms with E-state index in [0.29, 0.717) is 32.0 Å². The highest BCUT2D eigenvalue weighted by Crippen LogP contribution is 2.36. The van der Waals surface area contributed by atoms with Crippen molar-refractivity contribution >= 4 is 11.8 Å². The Kier molecular flexibility index (Phi) is 24.6. The summed E-state index contributed by atoms with van der Waals surface area (Å²) in [5.74, 6) is -0.0674. The zero-order valence-electron chi connectivity index (χ0n) is 40.5. The quantitative estimate of drug-likeness (QED) is 0.0470. The molecule has 4 aromatic carbocycles. The van der Waals surface area contributed by atoms with Gasteiger partial charge in [0.1, 0.15) is 6.10 Å². The molecule has 1 aliphatic rings. The Bertz CT molecular complexity index is 1870. The van der Waals surface area contributed by atoms with Gasteiger partial charge in [-0.15, -0.1) is 0 Å². The zero-order chi connectivity index (χ0) is 46.6. The van der Waals surface area contributed by atoms with Crippen LogP contribution in [0.3, 0.4) is 0 Å². The lowest BCUT2D eigenvalue weighted by atomic mass is 9.79. The third-order valence-electron chi connectivity index (χ3n) is 13.3. The molecule has 1 aliphatic heterocycles. The molecule has 66 heavy (non-hydrogen) atoms. The summed E-state index contributed by atoms with van der Waals surface area (Å²) in [7, 11) is 0. The van der Waals surface area contributed by atoms with Gasteiger partial charge in [0.05, 0.1) is 57.8 Å². The maximum Gasteiger partial charge on any atom is 0.251 e. The third kappa shape index (κ3) is 19.1. The summed E-state index contributed by atoms with van der Waals surface area (Å²) in [5, 5.41) is 6.07. The summed E-state index contributed by atoms with van der Waals surface area (Å²) in [6, 6.07) is 38.8. The first-order valence-electron chi connectivity index (χ1n) is 25.1. The van der Waals surface area contributed by atoms with Crippen molar-refractivity contribution in [3.63, 3.8) is 0 Å². The van der Waals surface area contributed by atoms with Crippen LogP contribution in [0.25, 0.3) is 0 Å². The number of hydrogen-bond acceptors (Lipinski definition) is 7. The second-order valence-corrected chi connectivity index (χ2v) is 18.5. The molecular weight excluding hydrogens is 825 g/mol. The lowest BCUT2D eigenvalue weighted by Crippen LogP contribution is -2.56. The molecule has 2 amide bonds. The second-order valence-electron chi connectivity index (χ2n) is 18.5. The molecule has 0 aliphatic carbocycles. The van der Waals surface area contributed by atoms with E-state index >= 15 is 0 Å². The molecule has 2 unspecified atom stereocenters. The van der Waals surface area contributed by atoms with Crippen LogP contribution in [0.5, 0.6) is 0 Å². The number of nitrogens with one attached hydrogen (secondary N) is 2. The standard InChI is InChI=1S/C57H80N2O7/c1-5-6-7-8-9-10-11-12-13-14-15-28-37-52(63-40-48-31-22-17-23-32-48)55(64-41-49-33-24-18-25-34-49)51(59-54(60)38-58-56(61)50-35-26-19-27-36-50)42-65-57-46(4)44(2)45(3)53(66-57)43-62-39-47-29-20-16-21-30-47/h16-27,29-36,44-46,51-53,55,57H,5-15,28,37-43H2,1-4H3,(H,58,61)(H,59,60)/t44-,45+,46?,51-,52+,53?,55-,57-/m0/s1. The first-order valence-corrected chi connectivity index (χ1v) is 25.1. The van der Waals surface area contributed by atoms with Crippen molar-refractivity contribution < 1.29 is 33.3 Å². The van der Waals surface area contributed by atoms with Gasteiger partial charge < -0.3 is 34.3 Å². The number of carbonyl (C=O) groups excluding carboxylic acids is 2. The summed E-state index contributed by atoms with van der Waals surface area (Å²) in [6.07, 6.45) is 14.1. The summed E-state index contributed by atoms with van der Waals surface area (Å²) in [6.45, 7) is 10.5. The molecule has 1 fully saturated rings. The fourth-order valence-electron chi connectivity index (χ4n) is 8.82. The Morgan fingerprint density at radius 3 is 1.65 bits per heavy atom. The predicted molar refractivity (Wildman–Crippen MR) is 265 cm³/mol. The van der Waals surface area contributed by atoms with E-state index in [0.717, 1.165) is 36.0 Å². The van der Waals surface area contributed by atoms with Crippen LogP contribution in [0.4, 0.5) is 0 Å². The molecule has 0 bridgehead atoms. The number of ether oxygens (including phenoxy) is 5. The summed E-state index contributed by atoms with van der Waals surface area (Å²) in [4.78, 5) is 27.1. The number of amides is 2. The van der Waals surface area contributed by atoms with Crippen LogP contribution in [0.2, 0.25) is 0 Å². The third-order valence-corrected chi connectivity index (χ3v) is 13.3. The number of carbonyl (C=O) groups is 2. The maximum absolute atomic E-state index is 14.0. The minimum Gasteiger partial charge on any atom is -0.374 e. The lowest BCUT2D eigenvalue weighted by molar-refractivity contribution is -0.262. The monoisotopic (exact) mass is 905 g/mol. The Balaban J connectivity index is 1.34. The van der Waals surface area contributed by atoms with E-state index in [9.17, 15) is 9.59 Å². The van der Waals surface area contributed by atoms with Gasteiger partial charge in [0.15, 0.2) is 6.29 Å². The number of hydrogen-bond donors (Lipinski definition) is 2. The van der Waals surface area contributed by atoms with Crippen molar-refractivity contribution in [2.24, 2.45) is 17.8 Å². The highest BCUT2D eigenvalue weighted by molar-refractivity contribution is 5.96. The van der Waals surface area contributed by atoms with Crippen LogP contribution < -0.4 is 10.6 Å². The van der Waals surface area contributed by atoms with Crippen molar-refractivity contribution in [1.82, 2.24) is 10.6 Å². The minimum absolute atomic E-state index is 0.0711. The molecule has 360 valence electrons. The van der Waals surface area contributed by atoms with Gasteiger partial charge in [0.2, 0.25) is 5.91 Å². The van der Waals surface area contributed by atoms with Gasteiger partial charge in [-0.1, -0.05) is 214 Å². The average molecular weight is 905 g/mol. The number of benzene rings is 4. The van der Waals surface area contributed by atoms with Gasteiger partial charge in [0, 0.05) is 11.5 Å². The molecule has 9 nitrogen and oxygen atoms in total. The van der Waals surface area contributed by atoms with Crippen molar-refractivity contribution in [1.29, 1.82) is 0 Å². The smallest absolute Gasteiger partial charge is 0.251 e. The van der Waals surface area contributed by atoms with Crippen molar-refractivity contribution in [3.05, 3.63) is 144 Å². The van der Waals surface area contributed by atoms with Gasteiger partial charge in [-0.2, -0.15) is 0 Å². The zero-order valence-corrected chi connectivity index (χ0v) is 40.5. The Hall–Kier alpha value is -4.38. The van der Waals surface area contributed by atoms with Gasteiger partial charge in [-0.05, 0) is 47.1 Å². The van der Waals surface area contributed by atoms with Crippen LogP contribution in [0, 0.1) is 17.8 Å². The summed E-state index contributed by atoms with van der Waals surface area (Å²) in [5.41, 5.74) is 3.68. The van der Waals surface area contributed by atoms with E-state index in [1.165, 1.54) is 64.2 Å². The average Bonchev–Trinajstić information content (AvgIpc) is 3.35. The fraction of sp³-hybridized carbons (Fsp3) is 0.544. The molecule has 9 heteroatoms. The molecule has 8 atom stereocenters. The largest absolute Gasteiger partial charge is 0.374 e. The fourth-order valence-corrected chi connectivity index (χ4v) is 8.82. The molecular formula is C57H80N2O7.